The summed E-state index contributed by atoms with van der Waals surface area (Å²) < 4.78 is 15.9. The molecule has 4 rings (SSSR count). The molecule has 0 fully saturated rings. The van der Waals surface area contributed by atoms with E-state index in [2.05, 4.69) is 4.98 Å². The van der Waals surface area contributed by atoms with E-state index in [1.807, 2.05) is 30.3 Å². The summed E-state index contributed by atoms with van der Waals surface area (Å²) >= 11 is 1.14. The van der Waals surface area contributed by atoms with Crippen LogP contribution in [0.2, 0.25) is 0 Å². The summed E-state index contributed by atoms with van der Waals surface area (Å²) in [4.78, 5) is 32.6. The number of fused-ring (bicyclic) bond motifs is 1. The molecule has 0 N–H and O–H groups in total. The Labute approximate surface area is 189 Å². The van der Waals surface area contributed by atoms with Crippen LogP contribution in [0.1, 0.15) is 12.5 Å². The largest absolute Gasteiger partial charge is 0.340 e. The van der Waals surface area contributed by atoms with E-state index >= 15 is 0 Å². The van der Waals surface area contributed by atoms with Gasteiger partial charge in [0.15, 0.2) is 5.16 Å². The second-order valence-electron chi connectivity index (χ2n) is 7.44. The van der Waals surface area contributed by atoms with Crippen molar-refractivity contribution >= 4 is 28.6 Å². The average Bonchev–Trinajstić information content (AvgIpc) is 2.80. The summed E-state index contributed by atoms with van der Waals surface area (Å²) in [5.74, 6) is -0.643. The van der Waals surface area contributed by atoms with E-state index in [0.717, 1.165) is 17.3 Å². The number of amides is 1. The van der Waals surface area contributed by atoms with Crippen molar-refractivity contribution in [2.75, 3.05) is 7.05 Å². The Bertz CT molecular complexity index is 1320. The number of benzene rings is 3. The van der Waals surface area contributed by atoms with Crippen LogP contribution in [0.3, 0.4) is 0 Å². The summed E-state index contributed by atoms with van der Waals surface area (Å²) in [5.41, 5.74) is 1.26. The Morgan fingerprint density at radius 1 is 1.03 bits per heavy atom. The lowest BCUT2D eigenvalue weighted by Crippen LogP contribution is -2.33. The highest BCUT2D eigenvalue weighted by Gasteiger charge is 2.23. The molecule has 0 spiro atoms. The zero-order valence-electron chi connectivity index (χ0n) is 17.7. The van der Waals surface area contributed by atoms with E-state index in [0.29, 0.717) is 17.4 Å². The molecule has 7 heteroatoms. The molecule has 0 aliphatic rings. The van der Waals surface area contributed by atoms with E-state index in [-0.39, 0.29) is 22.3 Å². The van der Waals surface area contributed by atoms with Gasteiger partial charge in [-0.05, 0) is 36.8 Å². The number of hydrogen-bond donors (Lipinski definition) is 0. The van der Waals surface area contributed by atoms with Crippen LogP contribution in [0.15, 0.2) is 88.8 Å². The van der Waals surface area contributed by atoms with Crippen molar-refractivity contribution in [3.05, 3.63) is 101 Å². The molecule has 32 heavy (non-hydrogen) atoms. The first kappa shape index (κ1) is 21.8. The maximum Gasteiger partial charge on any atom is 0.266 e. The van der Waals surface area contributed by atoms with Crippen molar-refractivity contribution in [2.45, 2.75) is 23.9 Å². The quantitative estimate of drug-likeness (QED) is 0.319. The fraction of sp³-hybridized carbons (Fsp3) is 0.160. The van der Waals surface area contributed by atoms with Crippen LogP contribution in [-0.4, -0.2) is 32.7 Å². The zero-order valence-corrected chi connectivity index (χ0v) is 18.6. The van der Waals surface area contributed by atoms with Gasteiger partial charge in [0.05, 0.1) is 21.8 Å². The third-order valence-corrected chi connectivity index (χ3v) is 6.15. The predicted octanol–water partition coefficient (Wildman–Crippen LogP) is 4.66. The van der Waals surface area contributed by atoms with Crippen LogP contribution in [0.25, 0.3) is 16.6 Å². The highest BCUT2D eigenvalue weighted by atomic mass is 32.2. The average molecular weight is 448 g/mol. The lowest BCUT2D eigenvalue weighted by atomic mass is 10.2. The van der Waals surface area contributed by atoms with E-state index in [1.54, 1.807) is 55.3 Å². The minimum absolute atomic E-state index is 0.107. The first-order chi connectivity index (χ1) is 15.5. The smallest absolute Gasteiger partial charge is 0.266 e. The van der Waals surface area contributed by atoms with E-state index in [1.165, 1.54) is 16.7 Å². The lowest BCUT2D eigenvalue weighted by Gasteiger charge is -2.22. The minimum atomic E-state index is -0.534. The molecule has 5 nitrogen and oxygen atoms in total. The Hall–Kier alpha value is -3.45. The number of nitrogens with zero attached hydrogens (tertiary/aromatic N) is 3. The Morgan fingerprint density at radius 3 is 2.44 bits per heavy atom. The molecule has 1 aromatic heterocycles. The highest BCUT2D eigenvalue weighted by Crippen LogP contribution is 2.27. The normalized spacial score (nSPS) is 12.0. The van der Waals surface area contributed by atoms with Crippen LogP contribution < -0.4 is 5.56 Å². The molecule has 3 aromatic carbocycles. The SMILES string of the molecule is CC(Sc1nc2ccccc2c(=O)n1-c1ccccc1F)C(=O)N(C)Cc1ccccc1. The van der Waals surface area contributed by atoms with Gasteiger partial charge in [0, 0.05) is 13.6 Å². The van der Waals surface area contributed by atoms with E-state index < -0.39 is 11.1 Å². The fourth-order valence-electron chi connectivity index (χ4n) is 3.49. The first-order valence-electron chi connectivity index (χ1n) is 10.2. The lowest BCUT2D eigenvalue weighted by molar-refractivity contribution is -0.129. The van der Waals surface area contributed by atoms with Crippen LogP contribution in [0, 0.1) is 5.82 Å². The van der Waals surface area contributed by atoms with Gasteiger partial charge in [0.2, 0.25) is 5.91 Å². The monoisotopic (exact) mass is 447 g/mol. The third kappa shape index (κ3) is 4.43. The van der Waals surface area contributed by atoms with E-state index in [9.17, 15) is 14.0 Å². The van der Waals surface area contributed by atoms with Crippen LogP contribution in [0.5, 0.6) is 0 Å². The van der Waals surface area contributed by atoms with Gasteiger partial charge in [-0.2, -0.15) is 0 Å². The van der Waals surface area contributed by atoms with Gasteiger partial charge >= 0.3 is 0 Å². The van der Waals surface area contributed by atoms with Crippen molar-refractivity contribution < 1.29 is 9.18 Å². The second kappa shape index (κ2) is 9.36. The topological polar surface area (TPSA) is 55.2 Å². The predicted molar refractivity (Wildman–Crippen MR) is 126 cm³/mol. The molecule has 0 aliphatic carbocycles. The molecule has 0 aliphatic heterocycles. The van der Waals surface area contributed by atoms with Crippen LogP contribution in [-0.2, 0) is 11.3 Å². The van der Waals surface area contributed by atoms with Crippen LogP contribution >= 0.6 is 11.8 Å². The molecule has 0 bridgehead atoms. The summed E-state index contributed by atoms with van der Waals surface area (Å²) in [6.07, 6.45) is 0. The van der Waals surface area contributed by atoms with Crippen molar-refractivity contribution in [2.24, 2.45) is 0 Å². The van der Waals surface area contributed by atoms with Crippen molar-refractivity contribution in [1.29, 1.82) is 0 Å². The molecule has 0 saturated carbocycles. The Kier molecular flexibility index (Phi) is 6.37. The van der Waals surface area contributed by atoms with Crippen molar-refractivity contribution in [3.8, 4) is 5.69 Å². The van der Waals surface area contributed by atoms with Gasteiger partial charge in [-0.3, -0.25) is 14.2 Å². The molecule has 162 valence electrons. The number of rotatable bonds is 6. The van der Waals surface area contributed by atoms with Gasteiger partial charge in [-0.25, -0.2) is 9.37 Å². The van der Waals surface area contributed by atoms with Gasteiger partial charge in [-0.1, -0.05) is 66.4 Å². The second-order valence-corrected chi connectivity index (χ2v) is 8.75. The summed E-state index contributed by atoms with van der Waals surface area (Å²) in [5, 5.41) is 0.128. The molecular formula is C25H22FN3O2S. The molecule has 1 amide bonds. The molecule has 4 aromatic rings. The maximum absolute atomic E-state index is 14.6. The molecule has 1 unspecified atom stereocenters. The number of aromatic nitrogens is 2. The number of carbonyl (C=O) groups excluding carboxylic acids is 1. The number of thioether (sulfide) groups is 1. The Balaban J connectivity index is 1.70. The first-order valence-corrected chi connectivity index (χ1v) is 11.1. The highest BCUT2D eigenvalue weighted by molar-refractivity contribution is 8.00. The number of carbonyl (C=O) groups is 1. The molecular weight excluding hydrogens is 425 g/mol. The molecule has 0 radical (unpaired) electrons. The van der Waals surface area contributed by atoms with Gasteiger partial charge in [-0.15, -0.1) is 0 Å². The van der Waals surface area contributed by atoms with Crippen LogP contribution in [0.4, 0.5) is 4.39 Å². The van der Waals surface area contributed by atoms with Gasteiger partial charge < -0.3 is 4.90 Å². The van der Waals surface area contributed by atoms with Gasteiger partial charge in [0.1, 0.15) is 5.82 Å². The number of hydrogen-bond acceptors (Lipinski definition) is 4. The maximum atomic E-state index is 14.6. The molecule has 1 heterocycles. The summed E-state index contributed by atoms with van der Waals surface area (Å²) in [7, 11) is 1.74. The van der Waals surface area contributed by atoms with Crippen molar-refractivity contribution in [1.82, 2.24) is 14.5 Å². The summed E-state index contributed by atoms with van der Waals surface area (Å²) in [6, 6.07) is 22.7. The van der Waals surface area contributed by atoms with Crippen molar-refractivity contribution in [3.63, 3.8) is 0 Å². The molecule has 0 saturated heterocycles. The minimum Gasteiger partial charge on any atom is -0.340 e. The molecule has 1 atom stereocenters. The summed E-state index contributed by atoms with van der Waals surface area (Å²) in [6.45, 7) is 2.23. The van der Waals surface area contributed by atoms with E-state index in [4.69, 9.17) is 0 Å². The number of para-hydroxylation sites is 2. The zero-order chi connectivity index (χ0) is 22.7. The standard InChI is InChI=1S/C25H22FN3O2S/c1-17(23(30)28(2)16-18-10-4-3-5-11-18)32-25-27-21-14-8-6-12-19(21)24(31)29(25)22-15-9-7-13-20(22)26/h3-15,17H,16H2,1-2H3. The van der Waals surface area contributed by atoms with Gasteiger partial charge in [0.25, 0.3) is 5.56 Å². The third-order valence-electron chi connectivity index (χ3n) is 5.11. The Morgan fingerprint density at radius 2 is 1.69 bits per heavy atom. The fourth-order valence-corrected chi connectivity index (χ4v) is 4.53. The number of halogens is 1.